The molecule has 0 aliphatic carbocycles. The van der Waals surface area contributed by atoms with Crippen LogP contribution in [0.4, 0.5) is 5.82 Å². The van der Waals surface area contributed by atoms with Crippen LogP contribution in [0, 0.1) is 0 Å². The lowest BCUT2D eigenvalue weighted by Crippen LogP contribution is -2.41. The van der Waals surface area contributed by atoms with Crippen molar-refractivity contribution in [1.82, 2.24) is 9.88 Å². The van der Waals surface area contributed by atoms with Crippen LogP contribution in [0.1, 0.15) is 24.8 Å². The first-order chi connectivity index (χ1) is 11.8. The van der Waals surface area contributed by atoms with Crippen LogP contribution in [0.25, 0.3) is 0 Å². The number of nitrogens with one attached hydrogen (secondary N) is 1. The average Bonchev–Trinajstić information content (AvgIpc) is 2.63. The molecule has 0 radical (unpaired) electrons. The lowest BCUT2D eigenvalue weighted by Gasteiger charge is -2.35. The standard InChI is InChI=1S/C19H25N5/c20-19(23-18-11-4-6-12-21-18)22-14-17-10-5-7-13-24(17)15-16-8-2-1-3-9-16/h1-4,6,8-9,11-12,17H,5,7,10,13-15H2,(H3,20,21,22,23). The summed E-state index contributed by atoms with van der Waals surface area (Å²) in [7, 11) is 0. The molecule has 2 heterocycles. The van der Waals surface area contributed by atoms with Gasteiger partial charge in [-0.05, 0) is 37.1 Å². The highest BCUT2D eigenvalue weighted by atomic mass is 15.2. The second-order valence-electron chi connectivity index (χ2n) is 6.17. The van der Waals surface area contributed by atoms with E-state index in [1.165, 1.54) is 24.8 Å². The third kappa shape index (κ3) is 4.80. The molecule has 5 nitrogen and oxygen atoms in total. The minimum absolute atomic E-state index is 0.430. The minimum atomic E-state index is 0.430. The molecule has 1 saturated heterocycles. The quantitative estimate of drug-likeness (QED) is 0.656. The molecule has 0 saturated carbocycles. The van der Waals surface area contributed by atoms with Crippen molar-refractivity contribution >= 4 is 11.8 Å². The molecule has 126 valence electrons. The third-order valence-corrected chi connectivity index (χ3v) is 4.37. The van der Waals surface area contributed by atoms with E-state index in [2.05, 4.69) is 50.5 Å². The van der Waals surface area contributed by atoms with Gasteiger partial charge >= 0.3 is 0 Å². The fourth-order valence-electron chi connectivity index (χ4n) is 3.10. The summed E-state index contributed by atoms with van der Waals surface area (Å²) in [6, 6.07) is 16.8. The van der Waals surface area contributed by atoms with Gasteiger partial charge in [-0.2, -0.15) is 0 Å². The number of guanidine groups is 1. The Bertz CT molecular complexity index is 641. The largest absolute Gasteiger partial charge is 0.370 e. The summed E-state index contributed by atoms with van der Waals surface area (Å²) in [6.45, 7) is 2.83. The van der Waals surface area contributed by atoms with Crippen molar-refractivity contribution in [1.29, 1.82) is 0 Å². The maximum Gasteiger partial charge on any atom is 0.194 e. The Morgan fingerprint density at radius 1 is 1.17 bits per heavy atom. The second-order valence-corrected chi connectivity index (χ2v) is 6.17. The molecule has 1 aromatic heterocycles. The summed E-state index contributed by atoms with van der Waals surface area (Å²) in [6.07, 6.45) is 5.43. The topological polar surface area (TPSA) is 66.5 Å². The van der Waals surface area contributed by atoms with Crippen molar-refractivity contribution in [3.8, 4) is 0 Å². The molecule has 3 N–H and O–H groups in total. The van der Waals surface area contributed by atoms with Crippen molar-refractivity contribution in [3.63, 3.8) is 0 Å². The number of hydrogen-bond donors (Lipinski definition) is 2. The number of piperidine rings is 1. The molecule has 1 aliphatic heterocycles. The molecule has 1 atom stereocenters. The van der Waals surface area contributed by atoms with Gasteiger partial charge < -0.3 is 11.1 Å². The van der Waals surface area contributed by atoms with E-state index in [0.29, 0.717) is 12.0 Å². The lowest BCUT2D eigenvalue weighted by atomic mass is 10.0. The number of anilines is 1. The molecular weight excluding hydrogens is 298 g/mol. The van der Waals surface area contributed by atoms with Gasteiger partial charge in [-0.3, -0.25) is 9.89 Å². The summed E-state index contributed by atoms with van der Waals surface area (Å²) >= 11 is 0. The number of hydrogen-bond acceptors (Lipinski definition) is 3. The molecule has 3 rings (SSSR count). The van der Waals surface area contributed by atoms with Crippen LogP contribution in [0.3, 0.4) is 0 Å². The van der Waals surface area contributed by atoms with Crippen molar-refractivity contribution < 1.29 is 0 Å². The smallest absolute Gasteiger partial charge is 0.194 e. The van der Waals surface area contributed by atoms with E-state index in [1.54, 1.807) is 6.20 Å². The van der Waals surface area contributed by atoms with Crippen LogP contribution in [0.2, 0.25) is 0 Å². The number of nitrogens with zero attached hydrogens (tertiary/aromatic N) is 3. The Hall–Kier alpha value is -2.40. The van der Waals surface area contributed by atoms with Gasteiger partial charge in [-0.25, -0.2) is 4.98 Å². The summed E-state index contributed by atoms with van der Waals surface area (Å²) in [5, 5.41) is 3.04. The maximum atomic E-state index is 6.00. The first-order valence-electron chi connectivity index (χ1n) is 8.57. The molecule has 2 aromatic rings. The fourth-order valence-corrected chi connectivity index (χ4v) is 3.10. The number of nitrogens with two attached hydrogens (primary N) is 1. The van der Waals surface area contributed by atoms with E-state index < -0.39 is 0 Å². The Morgan fingerprint density at radius 3 is 2.79 bits per heavy atom. The SMILES string of the molecule is NC(=NCC1CCCCN1Cc1ccccc1)Nc1ccccn1. The zero-order valence-corrected chi connectivity index (χ0v) is 13.9. The number of likely N-dealkylation sites (tertiary alicyclic amines) is 1. The van der Waals surface area contributed by atoms with Crippen molar-refractivity contribution in [2.45, 2.75) is 31.8 Å². The van der Waals surface area contributed by atoms with Gasteiger partial charge in [0, 0.05) is 18.8 Å². The molecule has 0 spiro atoms. The molecule has 1 unspecified atom stereocenters. The fraction of sp³-hybridized carbons (Fsp3) is 0.368. The normalized spacial score (nSPS) is 19.2. The van der Waals surface area contributed by atoms with Gasteiger partial charge in [0.1, 0.15) is 5.82 Å². The maximum absolute atomic E-state index is 6.00. The second kappa shape index (κ2) is 8.45. The number of aliphatic imine (C=N–C) groups is 1. The molecule has 24 heavy (non-hydrogen) atoms. The van der Waals surface area contributed by atoms with E-state index in [4.69, 9.17) is 5.73 Å². The van der Waals surface area contributed by atoms with Crippen molar-refractivity contribution in [2.24, 2.45) is 10.7 Å². The zero-order chi connectivity index (χ0) is 16.6. The Kier molecular flexibility index (Phi) is 5.80. The van der Waals surface area contributed by atoms with Gasteiger partial charge in [0.25, 0.3) is 0 Å². The van der Waals surface area contributed by atoms with Crippen LogP contribution in [-0.2, 0) is 6.54 Å². The molecule has 1 fully saturated rings. The van der Waals surface area contributed by atoms with E-state index in [1.807, 2.05) is 18.2 Å². The summed E-state index contributed by atoms with van der Waals surface area (Å²) in [4.78, 5) is 11.3. The van der Waals surface area contributed by atoms with E-state index >= 15 is 0 Å². The van der Waals surface area contributed by atoms with E-state index in [0.717, 1.165) is 25.5 Å². The van der Waals surface area contributed by atoms with Gasteiger partial charge in [0.2, 0.25) is 0 Å². The number of benzene rings is 1. The molecule has 1 aliphatic rings. The molecule has 0 bridgehead atoms. The van der Waals surface area contributed by atoms with Crippen LogP contribution >= 0.6 is 0 Å². The van der Waals surface area contributed by atoms with Crippen LogP contribution < -0.4 is 11.1 Å². The van der Waals surface area contributed by atoms with Crippen molar-refractivity contribution in [3.05, 3.63) is 60.3 Å². The highest BCUT2D eigenvalue weighted by Crippen LogP contribution is 2.20. The minimum Gasteiger partial charge on any atom is -0.370 e. The molecular formula is C19H25N5. The molecule has 1 aromatic carbocycles. The number of rotatable bonds is 5. The Balaban J connectivity index is 1.58. The van der Waals surface area contributed by atoms with Gasteiger partial charge in [-0.15, -0.1) is 0 Å². The highest BCUT2D eigenvalue weighted by molar-refractivity contribution is 5.91. The predicted octanol–water partition coefficient (Wildman–Crippen LogP) is 2.86. The molecule has 0 amide bonds. The van der Waals surface area contributed by atoms with Crippen molar-refractivity contribution in [2.75, 3.05) is 18.4 Å². The van der Waals surface area contributed by atoms with Crippen LogP contribution in [-0.4, -0.2) is 35.0 Å². The predicted molar refractivity (Wildman–Crippen MR) is 98.8 cm³/mol. The summed E-state index contributed by atoms with van der Waals surface area (Å²) in [5.41, 5.74) is 7.36. The van der Waals surface area contributed by atoms with Crippen LogP contribution in [0.15, 0.2) is 59.7 Å². The Morgan fingerprint density at radius 2 is 2.00 bits per heavy atom. The lowest BCUT2D eigenvalue weighted by molar-refractivity contribution is 0.145. The van der Waals surface area contributed by atoms with E-state index in [-0.39, 0.29) is 0 Å². The highest BCUT2D eigenvalue weighted by Gasteiger charge is 2.22. The average molecular weight is 323 g/mol. The first kappa shape index (κ1) is 16.5. The first-order valence-corrected chi connectivity index (χ1v) is 8.57. The van der Waals surface area contributed by atoms with Gasteiger partial charge in [0.15, 0.2) is 5.96 Å². The number of aromatic nitrogens is 1. The third-order valence-electron chi connectivity index (χ3n) is 4.37. The Labute approximate surface area is 143 Å². The monoisotopic (exact) mass is 323 g/mol. The molecule has 5 heteroatoms. The van der Waals surface area contributed by atoms with E-state index in [9.17, 15) is 0 Å². The number of pyridine rings is 1. The summed E-state index contributed by atoms with van der Waals surface area (Å²) < 4.78 is 0. The van der Waals surface area contributed by atoms with Gasteiger partial charge in [-0.1, -0.05) is 42.8 Å². The van der Waals surface area contributed by atoms with Gasteiger partial charge in [0.05, 0.1) is 6.54 Å². The zero-order valence-electron chi connectivity index (χ0n) is 13.9. The summed E-state index contributed by atoms with van der Waals surface area (Å²) in [5.74, 6) is 1.16. The van der Waals surface area contributed by atoms with Crippen LogP contribution in [0.5, 0.6) is 0 Å².